The Labute approximate surface area is 124 Å². The minimum atomic E-state index is -0.889. The summed E-state index contributed by atoms with van der Waals surface area (Å²) >= 11 is 0. The van der Waals surface area contributed by atoms with Crippen LogP contribution in [0.25, 0.3) is 0 Å². The number of amides is 3. The van der Waals surface area contributed by atoms with E-state index in [2.05, 4.69) is 20.9 Å². The van der Waals surface area contributed by atoms with Crippen molar-refractivity contribution < 1.29 is 23.9 Å². The van der Waals surface area contributed by atoms with E-state index in [1.807, 2.05) is 0 Å². The van der Waals surface area contributed by atoms with Crippen LogP contribution in [0.15, 0.2) is 0 Å². The fraction of sp³-hybridized carbons (Fsp3) is 0.769. The van der Waals surface area contributed by atoms with E-state index in [4.69, 9.17) is 4.74 Å². The number of carbonyl (C=O) groups excluding carboxylic acids is 3. The average Bonchev–Trinajstić information content (AvgIpc) is 2.29. The molecule has 8 heteroatoms. The van der Waals surface area contributed by atoms with Crippen molar-refractivity contribution in [2.75, 3.05) is 7.11 Å². The molecule has 3 N–H and O–H groups in total. The molecular formula is C13H25N3O5. The van der Waals surface area contributed by atoms with Gasteiger partial charge in [-0.25, -0.2) is 15.0 Å². The Morgan fingerprint density at radius 2 is 1.43 bits per heavy atom. The fourth-order valence-electron chi connectivity index (χ4n) is 1.34. The van der Waals surface area contributed by atoms with Gasteiger partial charge in [0.25, 0.3) is 5.91 Å². The predicted octanol–water partition coefficient (Wildman–Crippen LogP) is 1.31. The third-order valence-corrected chi connectivity index (χ3v) is 2.26. The van der Waals surface area contributed by atoms with Gasteiger partial charge in [0.15, 0.2) is 0 Å². The Morgan fingerprint density at radius 1 is 0.905 bits per heavy atom. The second-order valence-electron chi connectivity index (χ2n) is 6.55. The molecule has 3 amide bonds. The largest absolute Gasteiger partial charge is 0.453 e. The van der Waals surface area contributed by atoms with E-state index in [1.54, 1.807) is 41.5 Å². The molecule has 0 spiro atoms. The molecule has 0 aromatic rings. The van der Waals surface area contributed by atoms with Crippen LogP contribution in [0.4, 0.5) is 9.59 Å². The summed E-state index contributed by atoms with van der Waals surface area (Å²) < 4.78 is 9.45. The Bertz CT molecular complexity index is 396. The molecule has 8 nitrogen and oxygen atoms in total. The van der Waals surface area contributed by atoms with E-state index >= 15 is 0 Å². The molecule has 122 valence electrons. The third-order valence-electron chi connectivity index (χ3n) is 2.26. The van der Waals surface area contributed by atoms with Crippen LogP contribution in [0, 0.1) is 5.41 Å². The molecule has 0 fully saturated rings. The summed E-state index contributed by atoms with van der Waals surface area (Å²) in [6.45, 7) is 10.4. The number of ether oxygens (including phenoxy) is 2. The van der Waals surface area contributed by atoms with Gasteiger partial charge < -0.3 is 14.8 Å². The zero-order valence-electron chi connectivity index (χ0n) is 13.6. The summed E-state index contributed by atoms with van der Waals surface area (Å²) in [5, 5.41) is 2.41. The molecule has 0 saturated carbocycles. The van der Waals surface area contributed by atoms with E-state index in [0.29, 0.717) is 0 Å². The first-order valence-corrected chi connectivity index (χ1v) is 6.50. The maximum absolute atomic E-state index is 12.1. The number of methoxy groups -OCH3 is 1. The van der Waals surface area contributed by atoms with Gasteiger partial charge in [-0.1, -0.05) is 20.8 Å². The van der Waals surface area contributed by atoms with Crippen molar-refractivity contribution in [3.8, 4) is 0 Å². The summed E-state index contributed by atoms with van der Waals surface area (Å²) in [6, 6.07) is -0.889. The normalized spacial score (nSPS) is 12.9. The van der Waals surface area contributed by atoms with E-state index in [9.17, 15) is 14.4 Å². The van der Waals surface area contributed by atoms with Crippen molar-refractivity contribution >= 4 is 18.1 Å². The number of rotatable bonds is 2. The zero-order chi connectivity index (χ0) is 16.8. The van der Waals surface area contributed by atoms with Crippen LogP contribution in [0.2, 0.25) is 0 Å². The number of carbonyl (C=O) groups is 3. The first-order valence-electron chi connectivity index (χ1n) is 6.50. The minimum absolute atomic E-state index is 0.576. The topological polar surface area (TPSA) is 106 Å². The molecule has 0 aliphatic rings. The molecule has 1 unspecified atom stereocenters. The molecule has 0 bridgehead atoms. The lowest BCUT2D eigenvalue weighted by Gasteiger charge is -2.29. The highest BCUT2D eigenvalue weighted by atomic mass is 16.6. The van der Waals surface area contributed by atoms with Crippen LogP contribution in [-0.4, -0.2) is 36.8 Å². The zero-order valence-corrected chi connectivity index (χ0v) is 13.6. The van der Waals surface area contributed by atoms with Gasteiger partial charge in [-0.2, -0.15) is 0 Å². The molecule has 0 saturated heterocycles. The molecule has 0 heterocycles. The molecule has 0 aliphatic carbocycles. The molecule has 1 atom stereocenters. The number of hydrogen-bond donors (Lipinski definition) is 3. The maximum atomic E-state index is 12.1. The van der Waals surface area contributed by atoms with Crippen LogP contribution in [0.1, 0.15) is 41.5 Å². The second-order valence-corrected chi connectivity index (χ2v) is 6.55. The van der Waals surface area contributed by atoms with Crippen molar-refractivity contribution in [3.63, 3.8) is 0 Å². The van der Waals surface area contributed by atoms with Crippen LogP contribution >= 0.6 is 0 Å². The first kappa shape index (κ1) is 19.0. The SMILES string of the molecule is COC(=O)NC(C(=O)NNC(=O)OC(C)(C)C)C(C)(C)C. The Balaban J connectivity index is 4.63. The first-order chi connectivity index (χ1) is 9.36. The molecule has 0 radical (unpaired) electrons. The van der Waals surface area contributed by atoms with Crippen LogP contribution < -0.4 is 16.2 Å². The van der Waals surface area contributed by atoms with E-state index in [0.717, 1.165) is 0 Å². The van der Waals surface area contributed by atoms with Crippen LogP contribution in [-0.2, 0) is 14.3 Å². The summed E-state index contributed by atoms with van der Waals surface area (Å²) in [5.41, 5.74) is 3.08. The average molecular weight is 303 g/mol. The summed E-state index contributed by atoms with van der Waals surface area (Å²) in [4.78, 5) is 34.8. The summed E-state index contributed by atoms with van der Waals surface area (Å²) in [6.07, 6.45) is -1.52. The van der Waals surface area contributed by atoms with Gasteiger partial charge in [-0.05, 0) is 26.2 Å². The molecule has 0 rings (SSSR count). The quantitative estimate of drug-likeness (QED) is 0.667. The summed E-state index contributed by atoms with van der Waals surface area (Å²) in [5.74, 6) is -0.584. The van der Waals surface area contributed by atoms with E-state index in [1.165, 1.54) is 7.11 Å². The van der Waals surface area contributed by atoms with Gasteiger partial charge in [0, 0.05) is 0 Å². The Hall–Kier alpha value is -1.99. The van der Waals surface area contributed by atoms with Gasteiger partial charge in [-0.3, -0.25) is 10.2 Å². The maximum Gasteiger partial charge on any atom is 0.426 e. The minimum Gasteiger partial charge on any atom is -0.453 e. The number of hydrazine groups is 1. The van der Waals surface area contributed by atoms with Crippen molar-refractivity contribution in [1.82, 2.24) is 16.2 Å². The smallest absolute Gasteiger partial charge is 0.426 e. The highest BCUT2D eigenvalue weighted by Gasteiger charge is 2.33. The number of hydrogen-bond acceptors (Lipinski definition) is 5. The standard InChI is InChI=1S/C13H25N3O5/c1-12(2,3)8(14-10(18)20-7)9(17)15-16-11(19)21-13(4,5)6/h8H,1-7H3,(H,14,18)(H,15,17)(H,16,19). The van der Waals surface area contributed by atoms with Gasteiger partial charge in [0.1, 0.15) is 11.6 Å². The highest BCUT2D eigenvalue weighted by Crippen LogP contribution is 2.19. The second kappa shape index (κ2) is 7.14. The Morgan fingerprint density at radius 3 is 1.81 bits per heavy atom. The van der Waals surface area contributed by atoms with E-state index < -0.39 is 35.2 Å². The molecule has 0 aromatic heterocycles. The van der Waals surface area contributed by atoms with Gasteiger partial charge >= 0.3 is 12.2 Å². The monoisotopic (exact) mass is 303 g/mol. The number of alkyl carbamates (subject to hydrolysis) is 1. The summed E-state index contributed by atoms with van der Waals surface area (Å²) in [7, 11) is 1.20. The number of nitrogens with one attached hydrogen (secondary N) is 3. The Kier molecular flexibility index (Phi) is 6.47. The van der Waals surface area contributed by atoms with Gasteiger partial charge in [0.05, 0.1) is 7.11 Å². The third kappa shape index (κ3) is 8.01. The molecule has 0 aromatic carbocycles. The molecule has 0 aliphatic heterocycles. The lowest BCUT2D eigenvalue weighted by atomic mass is 9.86. The van der Waals surface area contributed by atoms with Gasteiger partial charge in [0.2, 0.25) is 0 Å². The predicted molar refractivity (Wildman–Crippen MR) is 76.3 cm³/mol. The van der Waals surface area contributed by atoms with Crippen LogP contribution in [0.5, 0.6) is 0 Å². The molecule has 21 heavy (non-hydrogen) atoms. The van der Waals surface area contributed by atoms with Crippen molar-refractivity contribution in [1.29, 1.82) is 0 Å². The van der Waals surface area contributed by atoms with Crippen LogP contribution in [0.3, 0.4) is 0 Å². The van der Waals surface area contributed by atoms with Crippen molar-refractivity contribution in [2.45, 2.75) is 53.2 Å². The highest BCUT2D eigenvalue weighted by molar-refractivity contribution is 5.87. The lowest BCUT2D eigenvalue weighted by molar-refractivity contribution is -0.126. The van der Waals surface area contributed by atoms with Crippen molar-refractivity contribution in [3.05, 3.63) is 0 Å². The van der Waals surface area contributed by atoms with Gasteiger partial charge in [-0.15, -0.1) is 0 Å². The molecular weight excluding hydrogens is 278 g/mol. The lowest BCUT2D eigenvalue weighted by Crippen LogP contribution is -2.57. The van der Waals surface area contributed by atoms with E-state index in [-0.39, 0.29) is 0 Å². The van der Waals surface area contributed by atoms with Crippen molar-refractivity contribution in [2.24, 2.45) is 5.41 Å². The fourth-order valence-corrected chi connectivity index (χ4v) is 1.34.